The Kier molecular flexibility index (Phi) is 17.3. The molecule has 1 saturated heterocycles. The Labute approximate surface area is 311 Å². The lowest BCUT2D eigenvalue weighted by Gasteiger charge is -2.32. The number of nitrogen functional groups attached to an aromatic ring is 2. The second-order valence-corrected chi connectivity index (χ2v) is 12.3. The molecule has 2 aromatic heterocycles. The van der Waals surface area contributed by atoms with Crippen LogP contribution >= 0.6 is 24.0 Å². The summed E-state index contributed by atoms with van der Waals surface area (Å²) in [6, 6.07) is 3.66. The average Bonchev–Trinajstić information content (AvgIpc) is 3.37. The molecule has 1 aliphatic heterocycles. The number of unbranched alkanes of at least 4 members (excludes halogenated alkanes) is 3. The molecule has 3 heterocycles. The van der Waals surface area contributed by atoms with Crippen LogP contribution in [0, 0.1) is 0 Å². The first kappa shape index (κ1) is 42.6. The highest BCUT2D eigenvalue weighted by Crippen LogP contribution is 2.27. The van der Waals surface area contributed by atoms with Crippen LogP contribution in [0.5, 0.6) is 5.75 Å². The highest BCUT2D eigenvalue weighted by Gasteiger charge is 2.29. The number of piperidine rings is 1. The van der Waals surface area contributed by atoms with Crippen molar-refractivity contribution in [3.05, 3.63) is 34.4 Å². The standard InChI is InChI=1S/C33H49ClN10O4.2ClH/c1-5-9-10-11-14-42-15-12-21(13-16-42)39-26(45)20-48-25-18-24-23(17-22(25)32(46)37-6-2)43(7-3)27(44(24)8-4)19-38-33(47)28-30(35)41-31(36)29(34)40-28;;/h17-18,21H,5-16,19-20H2,1-4H3,(H6-,35,36,37,38,39,41,45,46,47);2*1H. The van der Waals surface area contributed by atoms with Gasteiger partial charge in [0.05, 0.1) is 18.7 Å². The number of benzene rings is 1. The van der Waals surface area contributed by atoms with Crippen LogP contribution in [0.25, 0.3) is 11.0 Å². The SMILES string of the molecule is CCCCCCN1CCC(NC(=O)COc2cc3c(cc2C(=O)NCC)n(CC)c(CNC(=O)c2nc(Cl)c(N)nc2N)[n+]3CC)CC1.Cl.[Cl-]. The maximum Gasteiger partial charge on any atom is 0.277 e. The van der Waals surface area contributed by atoms with Crippen LogP contribution in [0.1, 0.15) is 92.9 Å². The van der Waals surface area contributed by atoms with Gasteiger partial charge in [-0.05, 0) is 46.6 Å². The predicted molar refractivity (Wildman–Crippen MR) is 193 cm³/mol. The first-order valence-corrected chi connectivity index (χ1v) is 17.4. The van der Waals surface area contributed by atoms with Crippen LogP contribution in [-0.4, -0.2) is 76.0 Å². The van der Waals surface area contributed by atoms with E-state index >= 15 is 0 Å². The van der Waals surface area contributed by atoms with Crippen molar-refractivity contribution in [2.75, 3.05) is 44.3 Å². The van der Waals surface area contributed by atoms with Crippen LogP contribution < -0.4 is 49.1 Å². The number of anilines is 2. The highest BCUT2D eigenvalue weighted by atomic mass is 35.5. The summed E-state index contributed by atoms with van der Waals surface area (Å²) in [5.74, 6) is -0.213. The molecule has 1 fully saturated rings. The smallest absolute Gasteiger partial charge is 0.277 e. The summed E-state index contributed by atoms with van der Waals surface area (Å²) >= 11 is 5.98. The monoisotopic (exact) mass is 756 g/mol. The molecule has 17 heteroatoms. The van der Waals surface area contributed by atoms with Crippen LogP contribution in [0.4, 0.5) is 11.6 Å². The lowest BCUT2D eigenvalue weighted by molar-refractivity contribution is -0.676. The van der Waals surface area contributed by atoms with Gasteiger partial charge in [-0.1, -0.05) is 37.8 Å². The van der Waals surface area contributed by atoms with Gasteiger partial charge < -0.3 is 49.5 Å². The van der Waals surface area contributed by atoms with E-state index in [-0.39, 0.29) is 78.3 Å². The molecule has 0 bridgehead atoms. The lowest BCUT2D eigenvalue weighted by atomic mass is 10.0. The van der Waals surface area contributed by atoms with E-state index in [1.54, 1.807) is 12.1 Å². The summed E-state index contributed by atoms with van der Waals surface area (Å²) in [6.07, 6.45) is 6.79. The van der Waals surface area contributed by atoms with Gasteiger partial charge in [-0.2, -0.15) is 0 Å². The number of nitrogens with two attached hydrogens (primary N) is 2. The molecular weight excluding hydrogens is 707 g/mol. The number of aryl methyl sites for hydroxylation is 2. The van der Waals surface area contributed by atoms with Crippen molar-refractivity contribution in [2.45, 2.75) is 91.9 Å². The third-order valence-corrected chi connectivity index (χ3v) is 8.94. The molecule has 3 aromatic rings. The molecule has 0 spiro atoms. The number of imidazole rings is 1. The Hall–Kier alpha value is -3.59. The largest absolute Gasteiger partial charge is 1.00 e. The topological polar surface area (TPSA) is 186 Å². The maximum atomic E-state index is 13.2. The molecule has 50 heavy (non-hydrogen) atoms. The molecule has 0 radical (unpaired) electrons. The fourth-order valence-electron chi connectivity index (χ4n) is 6.19. The van der Waals surface area contributed by atoms with E-state index in [0.717, 1.165) is 49.3 Å². The molecule has 14 nitrogen and oxygen atoms in total. The van der Waals surface area contributed by atoms with Crippen molar-refractivity contribution < 1.29 is 36.1 Å². The molecule has 0 atom stereocenters. The van der Waals surface area contributed by atoms with Crippen molar-refractivity contribution in [1.29, 1.82) is 0 Å². The molecule has 3 amide bonds. The number of ether oxygens (including phenoxy) is 1. The highest BCUT2D eigenvalue weighted by molar-refractivity contribution is 6.31. The van der Waals surface area contributed by atoms with Crippen molar-refractivity contribution in [3.8, 4) is 5.75 Å². The Balaban J connectivity index is 0.00000433. The molecule has 278 valence electrons. The summed E-state index contributed by atoms with van der Waals surface area (Å²) in [6.45, 7) is 12.5. The van der Waals surface area contributed by atoms with E-state index in [2.05, 4.69) is 37.7 Å². The number of hydrogen-bond acceptors (Lipinski definition) is 9. The molecule has 0 unspecified atom stereocenters. The first-order valence-electron chi connectivity index (χ1n) is 17.0. The molecule has 4 rings (SSSR count). The van der Waals surface area contributed by atoms with E-state index < -0.39 is 5.91 Å². The molecular formula is C33H51Cl3N10O4. The average molecular weight is 758 g/mol. The first-order chi connectivity index (χ1) is 23.1. The van der Waals surface area contributed by atoms with Crippen LogP contribution in [0.2, 0.25) is 5.15 Å². The fraction of sp³-hybridized carbons (Fsp3) is 0.576. The minimum absolute atomic E-state index is 0. The number of likely N-dealkylation sites (tertiary alicyclic amines) is 1. The van der Waals surface area contributed by atoms with Crippen molar-refractivity contribution >= 4 is 64.4 Å². The molecule has 7 N–H and O–H groups in total. The number of amides is 3. The number of aromatic nitrogens is 4. The maximum absolute atomic E-state index is 13.2. The zero-order chi connectivity index (χ0) is 34.8. The van der Waals surface area contributed by atoms with E-state index in [4.69, 9.17) is 27.8 Å². The van der Waals surface area contributed by atoms with Gasteiger partial charge >= 0.3 is 0 Å². The number of nitrogens with zero attached hydrogens (tertiary/aromatic N) is 5. The number of halogens is 3. The van der Waals surface area contributed by atoms with Gasteiger partial charge in [0.15, 0.2) is 40.1 Å². The Morgan fingerprint density at radius 2 is 1.72 bits per heavy atom. The van der Waals surface area contributed by atoms with Crippen molar-refractivity contribution in [3.63, 3.8) is 0 Å². The Morgan fingerprint density at radius 3 is 2.36 bits per heavy atom. The van der Waals surface area contributed by atoms with E-state index in [1.165, 1.54) is 25.7 Å². The zero-order valence-electron chi connectivity index (χ0n) is 29.3. The Morgan fingerprint density at radius 1 is 1.00 bits per heavy atom. The fourth-order valence-corrected chi connectivity index (χ4v) is 6.32. The van der Waals surface area contributed by atoms with Crippen molar-refractivity contribution in [2.24, 2.45) is 0 Å². The number of carbonyl (C=O) groups is 3. The second kappa shape index (κ2) is 20.3. The molecule has 0 saturated carbocycles. The molecule has 1 aromatic carbocycles. The van der Waals surface area contributed by atoms with E-state index in [1.807, 2.05) is 29.9 Å². The van der Waals surface area contributed by atoms with Crippen LogP contribution in [0.3, 0.4) is 0 Å². The quantitative estimate of drug-likeness (QED) is 0.101. The van der Waals surface area contributed by atoms with Gasteiger partial charge in [-0.25, -0.2) is 19.1 Å². The number of nitrogens with one attached hydrogen (secondary N) is 3. The lowest BCUT2D eigenvalue weighted by Crippen LogP contribution is -3.00. The number of fused-ring (bicyclic) bond motifs is 1. The summed E-state index contributed by atoms with van der Waals surface area (Å²) in [5, 5.41) is 8.71. The minimum Gasteiger partial charge on any atom is -1.00 e. The van der Waals surface area contributed by atoms with Gasteiger partial charge in [-0.3, -0.25) is 14.4 Å². The third-order valence-electron chi connectivity index (χ3n) is 8.66. The Bertz CT molecular complexity index is 1610. The predicted octanol–water partition coefficient (Wildman–Crippen LogP) is 0.222. The van der Waals surface area contributed by atoms with Crippen LogP contribution in [0.15, 0.2) is 12.1 Å². The van der Waals surface area contributed by atoms with Gasteiger partial charge in [0, 0.05) is 37.8 Å². The second-order valence-electron chi connectivity index (χ2n) is 12.0. The summed E-state index contributed by atoms with van der Waals surface area (Å²) in [5.41, 5.74) is 13.3. The zero-order valence-corrected chi connectivity index (χ0v) is 31.6. The molecule has 1 aliphatic rings. The number of hydrogen-bond donors (Lipinski definition) is 5. The summed E-state index contributed by atoms with van der Waals surface area (Å²) in [7, 11) is 0. The van der Waals surface area contributed by atoms with Crippen molar-refractivity contribution in [1.82, 2.24) is 35.4 Å². The van der Waals surface area contributed by atoms with Gasteiger partial charge in [0.1, 0.15) is 12.3 Å². The number of rotatable bonds is 16. The summed E-state index contributed by atoms with van der Waals surface area (Å²) in [4.78, 5) is 49.6. The van der Waals surface area contributed by atoms with Gasteiger partial charge in [0.2, 0.25) is 0 Å². The number of carbonyl (C=O) groups excluding carboxylic acids is 3. The van der Waals surface area contributed by atoms with Gasteiger partial charge in [0.25, 0.3) is 23.5 Å². The minimum atomic E-state index is -0.562. The van der Waals surface area contributed by atoms with E-state index in [0.29, 0.717) is 30.9 Å². The normalized spacial score (nSPS) is 13.3. The third kappa shape index (κ3) is 10.5. The van der Waals surface area contributed by atoms with Crippen LogP contribution in [-0.2, 0) is 24.4 Å². The molecule has 0 aliphatic carbocycles. The van der Waals surface area contributed by atoms with E-state index in [9.17, 15) is 14.4 Å². The van der Waals surface area contributed by atoms with Gasteiger partial charge in [-0.15, -0.1) is 12.4 Å². The summed E-state index contributed by atoms with van der Waals surface area (Å²) < 4.78 is 10.1.